The normalized spacial score (nSPS) is 23.9. The SMILES string of the molecule is COC[C@@H]1CCCN1C(=O)c1c[nH]c(/C(=C\C=N)Oc2ccc3c(C(=O)NC45CC(C4)C5)c(C)oc3c2)c1C. The van der Waals surface area contributed by atoms with Gasteiger partial charge in [-0.2, -0.15) is 0 Å². The molecule has 1 aromatic carbocycles. The molecule has 1 atom stereocenters. The lowest BCUT2D eigenvalue weighted by atomic mass is 9.50. The lowest BCUT2D eigenvalue weighted by Gasteiger charge is -2.61. The number of furan rings is 1. The van der Waals surface area contributed by atoms with Gasteiger partial charge in [0, 0.05) is 49.1 Å². The van der Waals surface area contributed by atoms with Gasteiger partial charge in [0.25, 0.3) is 11.8 Å². The maximum atomic E-state index is 13.4. The molecule has 3 aromatic rings. The van der Waals surface area contributed by atoms with Crippen molar-refractivity contribution in [2.75, 3.05) is 20.3 Å². The fourth-order valence-corrected chi connectivity index (χ4v) is 6.45. The molecular weight excluding hydrogens is 496 g/mol. The van der Waals surface area contributed by atoms with E-state index in [9.17, 15) is 9.59 Å². The van der Waals surface area contributed by atoms with Gasteiger partial charge in [0.2, 0.25) is 0 Å². The molecule has 204 valence electrons. The van der Waals surface area contributed by atoms with E-state index in [0.717, 1.165) is 55.2 Å². The van der Waals surface area contributed by atoms with Crippen molar-refractivity contribution in [2.24, 2.45) is 5.92 Å². The highest BCUT2D eigenvalue weighted by Crippen LogP contribution is 2.57. The predicted octanol–water partition coefficient (Wildman–Crippen LogP) is 4.98. The standard InChI is InChI=1S/C30H34N4O5/c1-17-23(29(36)34-10-4-5-20(34)16-37-3)15-32-27(17)24(8-9-31)39-21-6-7-22-25(11-21)38-18(2)26(22)28(35)33-30-12-19(13-30)14-30/h6-9,11,15,19-20,31-32H,4-5,10,12-14,16H2,1-3H3,(H,33,35)/b24-8+,31-9?/t19?,20-,30?/m0/s1. The Labute approximate surface area is 227 Å². The largest absolute Gasteiger partial charge is 0.460 e. The number of aromatic amines is 1. The van der Waals surface area contributed by atoms with Gasteiger partial charge in [0.05, 0.1) is 29.5 Å². The molecule has 2 bridgehead atoms. The maximum Gasteiger partial charge on any atom is 0.256 e. The summed E-state index contributed by atoms with van der Waals surface area (Å²) in [7, 11) is 1.65. The zero-order valence-electron chi connectivity index (χ0n) is 22.6. The lowest BCUT2D eigenvalue weighted by Crippen LogP contribution is -2.68. The number of amides is 2. The van der Waals surface area contributed by atoms with Gasteiger partial charge in [-0.25, -0.2) is 0 Å². The second-order valence-electron chi connectivity index (χ2n) is 11.2. The number of carbonyl (C=O) groups is 2. The quantitative estimate of drug-likeness (QED) is 0.266. The molecule has 39 heavy (non-hydrogen) atoms. The van der Waals surface area contributed by atoms with E-state index in [4.69, 9.17) is 19.3 Å². The molecule has 3 heterocycles. The number of aromatic nitrogens is 1. The van der Waals surface area contributed by atoms with Crippen LogP contribution < -0.4 is 10.1 Å². The highest BCUT2D eigenvalue weighted by molar-refractivity contribution is 6.08. The number of aryl methyl sites for hydroxylation is 1. The van der Waals surface area contributed by atoms with Gasteiger partial charge >= 0.3 is 0 Å². The molecule has 9 heteroatoms. The van der Waals surface area contributed by atoms with Crippen LogP contribution in [0.25, 0.3) is 16.7 Å². The number of rotatable bonds is 9. The van der Waals surface area contributed by atoms with Gasteiger partial charge < -0.3 is 34.5 Å². The summed E-state index contributed by atoms with van der Waals surface area (Å²) in [4.78, 5) is 31.5. The molecule has 4 aliphatic rings. The van der Waals surface area contributed by atoms with Gasteiger partial charge in [0.15, 0.2) is 5.76 Å². The van der Waals surface area contributed by atoms with Crippen LogP contribution in [0.15, 0.2) is 34.9 Å². The summed E-state index contributed by atoms with van der Waals surface area (Å²) in [5.41, 5.74) is 3.05. The van der Waals surface area contributed by atoms with Crippen LogP contribution in [0.4, 0.5) is 0 Å². The van der Waals surface area contributed by atoms with Crippen LogP contribution in [0.1, 0.15) is 69.8 Å². The van der Waals surface area contributed by atoms with Crippen molar-refractivity contribution in [3.63, 3.8) is 0 Å². The Hall–Kier alpha value is -3.85. The summed E-state index contributed by atoms with van der Waals surface area (Å²) >= 11 is 0. The molecule has 3 aliphatic carbocycles. The first kappa shape index (κ1) is 25.4. The fraction of sp³-hybridized carbons (Fsp3) is 0.433. The van der Waals surface area contributed by atoms with E-state index in [1.54, 1.807) is 32.4 Å². The molecule has 9 nitrogen and oxygen atoms in total. The number of nitrogens with zero attached hydrogens (tertiary/aromatic N) is 1. The molecule has 2 aromatic heterocycles. The van der Waals surface area contributed by atoms with Crippen LogP contribution >= 0.6 is 0 Å². The van der Waals surface area contributed by atoms with Crippen molar-refractivity contribution >= 4 is 34.8 Å². The van der Waals surface area contributed by atoms with Gasteiger partial charge in [-0.3, -0.25) is 9.59 Å². The second-order valence-corrected chi connectivity index (χ2v) is 11.2. The molecule has 4 fully saturated rings. The third-order valence-electron chi connectivity index (χ3n) is 8.56. The molecule has 0 unspecified atom stereocenters. The second kappa shape index (κ2) is 9.72. The summed E-state index contributed by atoms with van der Waals surface area (Å²) in [6.45, 7) is 4.90. The zero-order chi connectivity index (χ0) is 27.3. The van der Waals surface area contributed by atoms with Crippen molar-refractivity contribution in [1.82, 2.24) is 15.2 Å². The summed E-state index contributed by atoms with van der Waals surface area (Å²) < 4.78 is 17.5. The van der Waals surface area contributed by atoms with Crippen molar-refractivity contribution in [3.05, 3.63) is 58.6 Å². The highest BCUT2D eigenvalue weighted by atomic mass is 16.5. The Morgan fingerprint density at radius 1 is 1.28 bits per heavy atom. The summed E-state index contributed by atoms with van der Waals surface area (Å²) in [6, 6.07) is 5.45. The number of hydrogen-bond acceptors (Lipinski definition) is 6. The monoisotopic (exact) mass is 530 g/mol. The number of carbonyl (C=O) groups excluding carboxylic acids is 2. The Morgan fingerprint density at radius 2 is 2.08 bits per heavy atom. The number of H-pyrrole nitrogens is 1. The van der Waals surface area contributed by atoms with E-state index in [1.807, 2.05) is 17.9 Å². The molecule has 7 rings (SSSR count). The van der Waals surface area contributed by atoms with Crippen LogP contribution in [-0.4, -0.2) is 59.8 Å². The topological polar surface area (TPSA) is 121 Å². The van der Waals surface area contributed by atoms with Gasteiger partial charge in [0.1, 0.15) is 17.1 Å². The Balaban J connectivity index is 1.23. The number of ether oxygens (including phenoxy) is 2. The van der Waals surface area contributed by atoms with Crippen LogP contribution in [0, 0.1) is 25.2 Å². The summed E-state index contributed by atoms with van der Waals surface area (Å²) in [5.74, 6) is 2.12. The first-order valence-corrected chi connectivity index (χ1v) is 13.5. The summed E-state index contributed by atoms with van der Waals surface area (Å²) in [6.07, 6.45) is 9.49. The smallest absolute Gasteiger partial charge is 0.256 e. The predicted molar refractivity (Wildman–Crippen MR) is 147 cm³/mol. The van der Waals surface area contributed by atoms with Crippen LogP contribution in [0.3, 0.4) is 0 Å². The van der Waals surface area contributed by atoms with Crippen molar-refractivity contribution in [3.8, 4) is 5.75 Å². The maximum absolute atomic E-state index is 13.4. The molecular formula is C30H34N4O5. The van der Waals surface area contributed by atoms with E-state index in [-0.39, 0.29) is 23.4 Å². The molecule has 1 saturated heterocycles. The van der Waals surface area contributed by atoms with Crippen molar-refractivity contribution < 1.29 is 23.5 Å². The van der Waals surface area contributed by atoms with Gasteiger partial charge in [-0.05, 0) is 69.6 Å². The molecule has 3 saturated carbocycles. The van der Waals surface area contributed by atoms with Gasteiger partial charge in [-0.15, -0.1) is 0 Å². The number of methoxy groups -OCH3 is 1. The first-order chi connectivity index (χ1) is 18.8. The van der Waals surface area contributed by atoms with Crippen LogP contribution in [0.5, 0.6) is 5.75 Å². The number of benzene rings is 1. The minimum Gasteiger partial charge on any atom is -0.460 e. The third kappa shape index (κ3) is 4.34. The first-order valence-electron chi connectivity index (χ1n) is 13.5. The van der Waals surface area contributed by atoms with E-state index >= 15 is 0 Å². The molecule has 0 spiro atoms. The van der Waals surface area contributed by atoms with E-state index < -0.39 is 0 Å². The number of hydrogen-bond donors (Lipinski definition) is 3. The lowest BCUT2D eigenvalue weighted by molar-refractivity contribution is -0.0438. The molecule has 2 amide bonds. The Bertz CT molecular complexity index is 1480. The average molecular weight is 531 g/mol. The number of allylic oxidation sites excluding steroid dienone is 1. The Kier molecular flexibility index (Phi) is 6.33. The van der Waals surface area contributed by atoms with Crippen molar-refractivity contribution in [2.45, 2.75) is 57.5 Å². The summed E-state index contributed by atoms with van der Waals surface area (Å²) in [5, 5.41) is 11.6. The Morgan fingerprint density at radius 3 is 2.77 bits per heavy atom. The van der Waals surface area contributed by atoms with Gasteiger partial charge in [-0.1, -0.05) is 0 Å². The average Bonchev–Trinajstić information content (AvgIpc) is 3.56. The van der Waals surface area contributed by atoms with E-state index in [1.165, 1.54) is 6.08 Å². The minimum absolute atomic E-state index is 0.0130. The van der Waals surface area contributed by atoms with Crippen LogP contribution in [-0.2, 0) is 4.74 Å². The number of nitrogens with one attached hydrogen (secondary N) is 3. The fourth-order valence-electron chi connectivity index (χ4n) is 6.45. The molecule has 3 N–H and O–H groups in total. The third-order valence-corrected chi connectivity index (χ3v) is 8.56. The molecule has 0 radical (unpaired) electrons. The van der Waals surface area contributed by atoms with E-state index in [0.29, 0.717) is 52.8 Å². The number of fused-ring (bicyclic) bond motifs is 1. The minimum atomic E-state index is -0.0904. The van der Waals surface area contributed by atoms with Crippen LogP contribution in [0.2, 0.25) is 0 Å². The highest BCUT2D eigenvalue weighted by Gasteiger charge is 2.57. The number of likely N-dealkylation sites (tertiary alicyclic amines) is 1. The molecule has 1 aliphatic heterocycles. The van der Waals surface area contributed by atoms with E-state index in [2.05, 4.69) is 10.3 Å². The van der Waals surface area contributed by atoms with Crippen molar-refractivity contribution in [1.29, 1.82) is 5.41 Å². The zero-order valence-corrected chi connectivity index (χ0v) is 22.6.